The summed E-state index contributed by atoms with van der Waals surface area (Å²) in [7, 11) is 2.05. The molecule has 1 heterocycles. The summed E-state index contributed by atoms with van der Waals surface area (Å²) in [5.41, 5.74) is 2.30. The van der Waals surface area contributed by atoms with Crippen LogP contribution < -0.4 is 11.3 Å². The maximum atomic E-state index is 11.9. The zero-order valence-corrected chi connectivity index (χ0v) is 12.1. The highest BCUT2D eigenvalue weighted by Crippen LogP contribution is 2.20. The zero-order chi connectivity index (χ0) is 13.7. The minimum Gasteiger partial charge on any atom is -0.303 e. The second-order valence-corrected chi connectivity index (χ2v) is 5.53. The van der Waals surface area contributed by atoms with E-state index >= 15 is 0 Å². The molecule has 1 atom stereocenters. The maximum absolute atomic E-state index is 11.9. The van der Waals surface area contributed by atoms with Crippen molar-refractivity contribution >= 4 is 5.91 Å². The van der Waals surface area contributed by atoms with E-state index in [9.17, 15) is 4.79 Å². The lowest BCUT2D eigenvalue weighted by Crippen LogP contribution is -2.55. The number of carbonyl (C=O) groups excluding carboxylic acids is 1. The molecule has 5 nitrogen and oxygen atoms in total. The van der Waals surface area contributed by atoms with E-state index in [4.69, 9.17) is 5.84 Å². The number of likely N-dealkylation sites (N-methyl/N-ethyl adjacent to an activating group) is 1. The number of nitrogens with two attached hydrogens (primary N) is 1. The van der Waals surface area contributed by atoms with Gasteiger partial charge >= 0.3 is 0 Å². The molecular weight excluding hydrogens is 228 g/mol. The fourth-order valence-corrected chi connectivity index (χ4v) is 2.91. The van der Waals surface area contributed by atoms with Gasteiger partial charge in [-0.15, -0.1) is 0 Å². The molecule has 0 aromatic carbocycles. The molecule has 0 bridgehead atoms. The van der Waals surface area contributed by atoms with Crippen LogP contribution in [-0.2, 0) is 4.79 Å². The molecule has 1 fully saturated rings. The first-order valence-corrected chi connectivity index (χ1v) is 6.96. The van der Waals surface area contributed by atoms with Gasteiger partial charge in [0.1, 0.15) is 0 Å². The molecule has 1 amide bonds. The minimum atomic E-state index is -0.131. The summed E-state index contributed by atoms with van der Waals surface area (Å²) in [6, 6.07) is 0.352. The summed E-state index contributed by atoms with van der Waals surface area (Å²) >= 11 is 0. The number of hydrazine groups is 1. The molecule has 1 unspecified atom stereocenters. The number of hydrogen-bond acceptors (Lipinski definition) is 4. The van der Waals surface area contributed by atoms with Gasteiger partial charge < -0.3 is 4.90 Å². The smallest absolute Gasteiger partial charge is 0.251 e. The molecule has 1 aliphatic rings. The van der Waals surface area contributed by atoms with Crippen LogP contribution in [0.1, 0.15) is 33.6 Å². The first-order chi connectivity index (χ1) is 8.51. The Morgan fingerprint density at radius 1 is 1.44 bits per heavy atom. The van der Waals surface area contributed by atoms with Gasteiger partial charge in [0.15, 0.2) is 0 Å². The van der Waals surface area contributed by atoms with Crippen molar-refractivity contribution in [2.45, 2.75) is 45.7 Å². The number of rotatable bonds is 5. The lowest BCUT2D eigenvalue weighted by Gasteiger charge is -2.40. The van der Waals surface area contributed by atoms with Crippen molar-refractivity contribution in [3.05, 3.63) is 0 Å². The summed E-state index contributed by atoms with van der Waals surface area (Å²) in [5.74, 6) is 5.48. The SMILES string of the molecule is CCN1CCC(N(C)C(C(=O)NN)C(C)C)CC1. The number of nitrogens with one attached hydrogen (secondary N) is 1. The van der Waals surface area contributed by atoms with Crippen molar-refractivity contribution in [1.29, 1.82) is 0 Å². The molecule has 106 valence electrons. The van der Waals surface area contributed by atoms with E-state index in [1.165, 1.54) is 0 Å². The summed E-state index contributed by atoms with van der Waals surface area (Å²) in [4.78, 5) is 16.5. The van der Waals surface area contributed by atoms with Crippen LogP contribution in [0.15, 0.2) is 0 Å². The summed E-state index contributed by atoms with van der Waals surface area (Å²) < 4.78 is 0. The second-order valence-electron chi connectivity index (χ2n) is 5.53. The van der Waals surface area contributed by atoms with Crippen molar-refractivity contribution in [2.75, 3.05) is 26.7 Å². The van der Waals surface area contributed by atoms with Crippen LogP contribution in [0.5, 0.6) is 0 Å². The number of piperidine rings is 1. The predicted molar refractivity (Wildman–Crippen MR) is 73.9 cm³/mol. The lowest BCUT2D eigenvalue weighted by atomic mass is 9.96. The van der Waals surface area contributed by atoms with Crippen molar-refractivity contribution < 1.29 is 4.79 Å². The Morgan fingerprint density at radius 3 is 2.39 bits per heavy atom. The highest BCUT2D eigenvalue weighted by molar-refractivity contribution is 5.81. The van der Waals surface area contributed by atoms with Gasteiger partial charge in [0.2, 0.25) is 0 Å². The molecule has 1 rings (SSSR count). The number of hydrogen-bond donors (Lipinski definition) is 2. The molecule has 0 aromatic rings. The molecule has 0 saturated carbocycles. The molecule has 0 aromatic heterocycles. The molecule has 5 heteroatoms. The first-order valence-electron chi connectivity index (χ1n) is 6.96. The molecule has 1 saturated heterocycles. The average Bonchev–Trinajstić information content (AvgIpc) is 2.38. The molecule has 0 aliphatic carbocycles. The van der Waals surface area contributed by atoms with E-state index in [2.05, 4.69) is 36.0 Å². The number of amides is 1. The van der Waals surface area contributed by atoms with Crippen LogP contribution in [0.2, 0.25) is 0 Å². The van der Waals surface area contributed by atoms with E-state index in [0.29, 0.717) is 6.04 Å². The van der Waals surface area contributed by atoms with E-state index in [1.807, 2.05) is 7.05 Å². The zero-order valence-electron chi connectivity index (χ0n) is 12.1. The highest BCUT2D eigenvalue weighted by atomic mass is 16.2. The van der Waals surface area contributed by atoms with Gasteiger partial charge in [-0.3, -0.25) is 15.1 Å². The van der Waals surface area contributed by atoms with E-state index in [1.54, 1.807) is 0 Å². The number of likely N-dealkylation sites (tertiary alicyclic amines) is 1. The molecule has 18 heavy (non-hydrogen) atoms. The largest absolute Gasteiger partial charge is 0.303 e. The fourth-order valence-electron chi connectivity index (χ4n) is 2.91. The normalized spacial score (nSPS) is 20.4. The minimum absolute atomic E-state index is 0.0783. The highest BCUT2D eigenvalue weighted by Gasteiger charge is 2.32. The molecule has 0 spiro atoms. The Balaban J connectivity index is 2.61. The van der Waals surface area contributed by atoms with Crippen molar-refractivity contribution in [2.24, 2.45) is 11.8 Å². The van der Waals surface area contributed by atoms with Gasteiger partial charge in [-0.25, -0.2) is 5.84 Å². The third-order valence-corrected chi connectivity index (χ3v) is 4.06. The van der Waals surface area contributed by atoms with Gasteiger partial charge in [-0.2, -0.15) is 0 Å². The van der Waals surface area contributed by atoms with Gasteiger partial charge in [0.05, 0.1) is 6.04 Å². The third-order valence-electron chi connectivity index (χ3n) is 4.06. The Labute approximate surface area is 111 Å². The molecular formula is C13H28N4O. The van der Waals surface area contributed by atoms with Crippen molar-refractivity contribution in [3.8, 4) is 0 Å². The predicted octanol–water partition coefficient (Wildman–Crippen LogP) is 0.417. The summed E-state index contributed by atoms with van der Waals surface area (Å²) in [5, 5.41) is 0. The number of carbonyl (C=O) groups is 1. The van der Waals surface area contributed by atoms with E-state index < -0.39 is 0 Å². The van der Waals surface area contributed by atoms with Crippen LogP contribution in [0.4, 0.5) is 0 Å². The van der Waals surface area contributed by atoms with Gasteiger partial charge in [0, 0.05) is 6.04 Å². The lowest BCUT2D eigenvalue weighted by molar-refractivity contribution is -0.129. The standard InChI is InChI=1S/C13H28N4O/c1-5-17-8-6-11(7-9-17)16(4)12(10(2)3)13(18)15-14/h10-12H,5-9,14H2,1-4H3,(H,15,18). The molecule has 1 aliphatic heterocycles. The maximum Gasteiger partial charge on any atom is 0.251 e. The molecule has 3 N–H and O–H groups in total. The van der Waals surface area contributed by atoms with Crippen LogP contribution in [-0.4, -0.2) is 54.5 Å². The fraction of sp³-hybridized carbons (Fsp3) is 0.923. The Bertz CT molecular complexity index is 262. The Kier molecular flexibility index (Phi) is 6.05. The van der Waals surface area contributed by atoms with Gasteiger partial charge in [-0.05, 0) is 45.4 Å². The average molecular weight is 256 g/mol. The van der Waals surface area contributed by atoms with Crippen molar-refractivity contribution in [3.63, 3.8) is 0 Å². The quantitative estimate of drug-likeness (QED) is 0.425. The second kappa shape index (κ2) is 7.07. The van der Waals surface area contributed by atoms with E-state index in [0.717, 1.165) is 32.5 Å². The van der Waals surface area contributed by atoms with Gasteiger partial charge in [0.25, 0.3) is 5.91 Å². The first kappa shape index (κ1) is 15.4. The van der Waals surface area contributed by atoms with Crippen LogP contribution in [0.3, 0.4) is 0 Å². The monoisotopic (exact) mass is 256 g/mol. The third kappa shape index (κ3) is 3.67. The summed E-state index contributed by atoms with van der Waals surface area (Å²) in [6.07, 6.45) is 2.26. The topological polar surface area (TPSA) is 61.6 Å². The summed E-state index contributed by atoms with van der Waals surface area (Å²) in [6.45, 7) is 9.70. The van der Waals surface area contributed by atoms with E-state index in [-0.39, 0.29) is 17.9 Å². The number of nitrogens with zero attached hydrogens (tertiary/aromatic N) is 2. The van der Waals surface area contributed by atoms with Crippen LogP contribution in [0, 0.1) is 5.92 Å². The Hall–Kier alpha value is -0.650. The van der Waals surface area contributed by atoms with Crippen LogP contribution in [0.25, 0.3) is 0 Å². The van der Waals surface area contributed by atoms with Gasteiger partial charge in [-0.1, -0.05) is 20.8 Å². The van der Waals surface area contributed by atoms with Crippen LogP contribution >= 0.6 is 0 Å². The molecule has 0 radical (unpaired) electrons. The van der Waals surface area contributed by atoms with Crippen molar-refractivity contribution in [1.82, 2.24) is 15.2 Å². The Morgan fingerprint density at radius 2 is 2.00 bits per heavy atom.